The minimum absolute atomic E-state index is 0.134. The molecule has 2 N–H and O–H groups in total. The van der Waals surface area contributed by atoms with Crippen molar-refractivity contribution >= 4 is 21.8 Å². The lowest BCUT2D eigenvalue weighted by Gasteiger charge is -2.12. The molecule has 0 spiro atoms. The molecule has 1 atom stereocenters. The van der Waals surface area contributed by atoms with Crippen LogP contribution in [0.2, 0.25) is 0 Å². The van der Waals surface area contributed by atoms with Gasteiger partial charge in [0.15, 0.2) is 0 Å². The maximum Gasteiger partial charge on any atom is 0.240 e. The number of aliphatic hydroxyl groups excluding tert-OH is 1. The van der Waals surface area contributed by atoms with Gasteiger partial charge in [0.05, 0.1) is 11.5 Å². The monoisotopic (exact) mass is 315 g/mol. The average molecular weight is 315 g/mol. The number of hydrogen-bond acceptors (Lipinski definition) is 4. The first-order valence-corrected chi connectivity index (χ1v) is 9.44. The summed E-state index contributed by atoms with van der Waals surface area (Å²) in [5.41, 5.74) is 1.67. The summed E-state index contributed by atoms with van der Waals surface area (Å²) in [6.07, 6.45) is 3.02. The molecule has 1 fully saturated rings. The Morgan fingerprint density at radius 1 is 1.40 bits per heavy atom. The van der Waals surface area contributed by atoms with E-state index in [0.29, 0.717) is 17.4 Å². The van der Waals surface area contributed by atoms with Crippen molar-refractivity contribution in [3.63, 3.8) is 0 Å². The molecule has 0 aromatic heterocycles. The lowest BCUT2D eigenvalue weighted by atomic mass is 10.1. The van der Waals surface area contributed by atoms with Crippen molar-refractivity contribution in [2.75, 3.05) is 12.3 Å². The topological polar surface area (TPSA) is 66.4 Å². The smallest absolute Gasteiger partial charge is 0.240 e. The molecule has 1 saturated heterocycles. The summed E-state index contributed by atoms with van der Waals surface area (Å²) >= 11 is 1.83. The van der Waals surface area contributed by atoms with Gasteiger partial charge < -0.3 is 5.11 Å². The number of benzene rings is 1. The first-order valence-electron chi connectivity index (χ1n) is 6.90. The zero-order valence-electron chi connectivity index (χ0n) is 11.6. The Kier molecular flexibility index (Phi) is 5.49. The van der Waals surface area contributed by atoms with Crippen LogP contribution in [0.15, 0.2) is 23.1 Å². The summed E-state index contributed by atoms with van der Waals surface area (Å²) < 4.78 is 27.2. The van der Waals surface area contributed by atoms with Gasteiger partial charge in [0, 0.05) is 11.8 Å². The highest BCUT2D eigenvalue weighted by Crippen LogP contribution is 2.26. The molecular formula is C14H21NO3S2. The molecule has 1 aromatic rings. The molecular weight excluding hydrogens is 294 g/mol. The van der Waals surface area contributed by atoms with Crippen LogP contribution in [0.1, 0.15) is 30.9 Å². The van der Waals surface area contributed by atoms with Gasteiger partial charge in [-0.15, -0.1) is 0 Å². The molecule has 4 nitrogen and oxygen atoms in total. The Morgan fingerprint density at radius 2 is 2.20 bits per heavy atom. The van der Waals surface area contributed by atoms with E-state index in [-0.39, 0.29) is 11.5 Å². The van der Waals surface area contributed by atoms with Crippen molar-refractivity contribution < 1.29 is 13.5 Å². The van der Waals surface area contributed by atoms with E-state index in [1.165, 1.54) is 0 Å². The highest BCUT2D eigenvalue weighted by Gasteiger charge is 2.20. The van der Waals surface area contributed by atoms with E-state index in [1.807, 2.05) is 18.7 Å². The first-order chi connectivity index (χ1) is 9.56. The summed E-state index contributed by atoms with van der Waals surface area (Å²) in [7, 11) is -3.48. The maximum absolute atomic E-state index is 12.3. The molecule has 2 rings (SSSR count). The van der Waals surface area contributed by atoms with Crippen molar-refractivity contribution in [2.24, 2.45) is 0 Å². The number of aliphatic hydroxyl groups is 1. The summed E-state index contributed by atoms with van der Waals surface area (Å²) in [5, 5.41) is 9.71. The Hall–Kier alpha value is -0.560. The molecule has 1 aliphatic rings. The molecule has 112 valence electrons. The number of hydrogen-bond donors (Lipinski definition) is 2. The molecule has 0 saturated carbocycles. The van der Waals surface area contributed by atoms with Crippen LogP contribution in [-0.4, -0.2) is 31.1 Å². The van der Waals surface area contributed by atoms with E-state index in [1.54, 1.807) is 18.2 Å². The second-order valence-corrected chi connectivity index (χ2v) is 8.10. The van der Waals surface area contributed by atoms with E-state index < -0.39 is 10.0 Å². The molecule has 0 aliphatic carbocycles. The Labute approximate surface area is 125 Å². The van der Waals surface area contributed by atoms with Crippen LogP contribution in [0.3, 0.4) is 0 Å². The normalized spacial score (nSPS) is 19.4. The summed E-state index contributed by atoms with van der Waals surface area (Å²) in [6.45, 7) is 2.33. The van der Waals surface area contributed by atoms with Crippen LogP contribution in [0.25, 0.3) is 0 Å². The van der Waals surface area contributed by atoms with Crippen LogP contribution in [-0.2, 0) is 23.1 Å². The maximum atomic E-state index is 12.3. The van der Waals surface area contributed by atoms with Gasteiger partial charge in [-0.3, -0.25) is 0 Å². The number of nitrogens with one attached hydrogen (secondary N) is 1. The van der Waals surface area contributed by atoms with Gasteiger partial charge in [0.2, 0.25) is 10.0 Å². The molecule has 0 radical (unpaired) electrons. The number of aryl methyl sites for hydroxylation is 1. The third-order valence-corrected chi connectivity index (χ3v) is 6.38. The van der Waals surface area contributed by atoms with Crippen molar-refractivity contribution in [1.29, 1.82) is 0 Å². The van der Waals surface area contributed by atoms with E-state index in [4.69, 9.17) is 0 Å². The average Bonchev–Trinajstić information content (AvgIpc) is 2.97. The molecule has 1 aliphatic heterocycles. The van der Waals surface area contributed by atoms with Gasteiger partial charge in [0.1, 0.15) is 0 Å². The van der Waals surface area contributed by atoms with E-state index >= 15 is 0 Å². The van der Waals surface area contributed by atoms with Crippen LogP contribution in [0.5, 0.6) is 0 Å². The van der Waals surface area contributed by atoms with Gasteiger partial charge in [-0.1, -0.05) is 13.0 Å². The minimum Gasteiger partial charge on any atom is -0.392 e. The summed E-state index contributed by atoms with van der Waals surface area (Å²) in [5.74, 6) is 1.12. The number of sulfonamides is 1. The second kappa shape index (κ2) is 6.93. The molecule has 1 heterocycles. The quantitative estimate of drug-likeness (QED) is 0.841. The standard InChI is InChI=1S/C14H21NO3S2/c1-2-11-5-6-14(8-12(11)10-16)20(17,18)15-9-13-4-3-7-19-13/h5-6,8,13,15-16H,2-4,7,9-10H2,1H3. The third kappa shape index (κ3) is 3.75. The Balaban J connectivity index is 2.11. The summed E-state index contributed by atoms with van der Waals surface area (Å²) in [6, 6.07) is 4.97. The lowest BCUT2D eigenvalue weighted by Crippen LogP contribution is -2.30. The second-order valence-electron chi connectivity index (χ2n) is 4.93. The first kappa shape index (κ1) is 15.8. The predicted octanol–water partition coefficient (Wildman–Crippen LogP) is 1.92. The Morgan fingerprint density at radius 3 is 2.80 bits per heavy atom. The van der Waals surface area contributed by atoms with Crippen molar-refractivity contribution in [2.45, 2.75) is 42.9 Å². The van der Waals surface area contributed by atoms with Gasteiger partial charge in [-0.05, 0) is 48.3 Å². The molecule has 20 heavy (non-hydrogen) atoms. The number of thioether (sulfide) groups is 1. The molecule has 0 amide bonds. The minimum atomic E-state index is -3.48. The van der Waals surface area contributed by atoms with E-state index in [9.17, 15) is 13.5 Å². The number of rotatable bonds is 6. The van der Waals surface area contributed by atoms with E-state index in [0.717, 1.165) is 30.6 Å². The zero-order chi connectivity index (χ0) is 14.6. The van der Waals surface area contributed by atoms with Crippen molar-refractivity contribution in [3.8, 4) is 0 Å². The van der Waals surface area contributed by atoms with Crippen LogP contribution < -0.4 is 4.72 Å². The van der Waals surface area contributed by atoms with E-state index in [2.05, 4.69) is 4.72 Å². The van der Waals surface area contributed by atoms with Gasteiger partial charge >= 0.3 is 0 Å². The van der Waals surface area contributed by atoms with Crippen LogP contribution >= 0.6 is 11.8 Å². The third-order valence-electron chi connectivity index (χ3n) is 3.56. The van der Waals surface area contributed by atoms with Gasteiger partial charge in [-0.2, -0.15) is 11.8 Å². The fraction of sp³-hybridized carbons (Fsp3) is 0.571. The summed E-state index contributed by atoms with van der Waals surface area (Å²) in [4.78, 5) is 0.238. The van der Waals surface area contributed by atoms with Crippen LogP contribution in [0, 0.1) is 0 Å². The van der Waals surface area contributed by atoms with Crippen LogP contribution in [0.4, 0.5) is 0 Å². The highest BCUT2D eigenvalue weighted by molar-refractivity contribution is 8.00. The molecule has 1 aromatic carbocycles. The SMILES string of the molecule is CCc1ccc(S(=O)(=O)NCC2CCCS2)cc1CO. The van der Waals surface area contributed by atoms with Crippen molar-refractivity contribution in [3.05, 3.63) is 29.3 Å². The molecule has 0 bridgehead atoms. The van der Waals surface area contributed by atoms with Crippen molar-refractivity contribution in [1.82, 2.24) is 4.72 Å². The van der Waals surface area contributed by atoms with Gasteiger partial charge in [-0.25, -0.2) is 13.1 Å². The molecule has 6 heteroatoms. The zero-order valence-corrected chi connectivity index (χ0v) is 13.3. The largest absolute Gasteiger partial charge is 0.392 e. The predicted molar refractivity (Wildman–Crippen MR) is 82.4 cm³/mol. The fourth-order valence-corrected chi connectivity index (χ4v) is 4.79. The lowest BCUT2D eigenvalue weighted by molar-refractivity contribution is 0.280. The Bertz CT molecular complexity index is 552. The fourth-order valence-electron chi connectivity index (χ4n) is 2.35. The van der Waals surface area contributed by atoms with Gasteiger partial charge in [0.25, 0.3) is 0 Å². The molecule has 1 unspecified atom stereocenters. The highest BCUT2D eigenvalue weighted by atomic mass is 32.2.